The third-order valence-corrected chi connectivity index (χ3v) is 4.28. The number of primary amides is 1. The van der Waals surface area contributed by atoms with Crippen molar-refractivity contribution in [2.24, 2.45) is 5.73 Å². The van der Waals surface area contributed by atoms with E-state index >= 15 is 0 Å². The molecule has 27 heavy (non-hydrogen) atoms. The van der Waals surface area contributed by atoms with Gasteiger partial charge in [0, 0.05) is 11.1 Å². The third kappa shape index (κ3) is 3.27. The number of nitrogens with two attached hydrogens (primary N) is 1. The van der Waals surface area contributed by atoms with Crippen molar-refractivity contribution < 1.29 is 18.0 Å². The molecule has 142 valence electrons. The smallest absolute Gasteiger partial charge is 0.364 e. The van der Waals surface area contributed by atoms with E-state index in [9.17, 15) is 18.0 Å². The summed E-state index contributed by atoms with van der Waals surface area (Å²) in [6.45, 7) is 3.63. The first-order valence-corrected chi connectivity index (χ1v) is 8.09. The molecule has 1 atom stereocenters. The molecule has 2 heterocycles. The molecule has 3 rings (SSSR count). The second-order valence-electron chi connectivity index (χ2n) is 5.96. The molecule has 0 saturated heterocycles. The van der Waals surface area contributed by atoms with Crippen molar-refractivity contribution in [1.29, 1.82) is 0 Å². The molecule has 8 nitrogen and oxygen atoms in total. The number of rotatable bonds is 5. The number of halogens is 3. The fourth-order valence-electron chi connectivity index (χ4n) is 2.88. The first-order chi connectivity index (χ1) is 12.8. The lowest BCUT2D eigenvalue weighted by molar-refractivity contribution is -0.137. The van der Waals surface area contributed by atoms with Crippen LogP contribution >= 0.6 is 0 Å². The minimum absolute atomic E-state index is 0.0287. The molecule has 11 heteroatoms. The number of nitrogens with one attached hydrogen (secondary N) is 1. The van der Waals surface area contributed by atoms with Gasteiger partial charge in [0.05, 0.1) is 11.3 Å². The minimum atomic E-state index is -4.61. The van der Waals surface area contributed by atoms with Crippen LogP contribution < -0.4 is 5.73 Å². The number of carbonyl (C=O) groups is 1. The predicted octanol–water partition coefficient (Wildman–Crippen LogP) is 2.68. The molecule has 0 aliphatic rings. The van der Waals surface area contributed by atoms with E-state index in [1.165, 1.54) is 18.2 Å². The number of alkyl halides is 3. The van der Waals surface area contributed by atoms with Gasteiger partial charge in [0.25, 0.3) is 11.9 Å². The van der Waals surface area contributed by atoms with Crippen LogP contribution in [0.15, 0.2) is 24.3 Å². The van der Waals surface area contributed by atoms with Gasteiger partial charge in [-0.3, -0.25) is 4.79 Å². The summed E-state index contributed by atoms with van der Waals surface area (Å²) in [6.07, 6.45) is -4.05. The van der Waals surface area contributed by atoms with E-state index < -0.39 is 17.6 Å². The molecule has 0 aliphatic heterocycles. The summed E-state index contributed by atoms with van der Waals surface area (Å²) in [5.74, 6) is -1.16. The minimum Gasteiger partial charge on any atom is -0.364 e. The molecule has 2 aromatic heterocycles. The van der Waals surface area contributed by atoms with E-state index in [-0.39, 0.29) is 28.8 Å². The molecular weight excluding hydrogens is 363 g/mol. The normalized spacial score (nSPS) is 12.9. The van der Waals surface area contributed by atoms with Crippen molar-refractivity contribution in [3.63, 3.8) is 0 Å². The SMILES string of the molecule is CCC(C)c1c(C(N)=O)nn(-c2nnn[nH]2)c1-c1ccccc1C(F)(F)F. The van der Waals surface area contributed by atoms with Crippen molar-refractivity contribution in [3.8, 4) is 17.2 Å². The van der Waals surface area contributed by atoms with Crippen molar-refractivity contribution in [1.82, 2.24) is 30.4 Å². The number of amides is 1. The van der Waals surface area contributed by atoms with Gasteiger partial charge in [0.2, 0.25) is 0 Å². The molecule has 0 spiro atoms. The average Bonchev–Trinajstić information content (AvgIpc) is 3.27. The fourth-order valence-corrected chi connectivity index (χ4v) is 2.88. The molecule has 1 aromatic carbocycles. The van der Waals surface area contributed by atoms with Crippen LogP contribution in [-0.4, -0.2) is 36.3 Å². The second-order valence-corrected chi connectivity index (χ2v) is 5.96. The molecule has 1 amide bonds. The third-order valence-electron chi connectivity index (χ3n) is 4.28. The van der Waals surface area contributed by atoms with E-state index in [0.717, 1.165) is 10.7 Å². The number of benzene rings is 1. The van der Waals surface area contributed by atoms with Crippen LogP contribution in [0.1, 0.15) is 47.8 Å². The largest absolute Gasteiger partial charge is 0.417 e. The van der Waals surface area contributed by atoms with Gasteiger partial charge in [-0.2, -0.15) is 23.0 Å². The Morgan fingerprint density at radius 2 is 2.04 bits per heavy atom. The summed E-state index contributed by atoms with van der Waals surface area (Å²) in [5.41, 5.74) is 4.72. The summed E-state index contributed by atoms with van der Waals surface area (Å²) in [5, 5.41) is 17.2. The van der Waals surface area contributed by atoms with Crippen molar-refractivity contribution in [3.05, 3.63) is 41.1 Å². The standard InChI is InChI=1S/C16H16F3N7O/c1-3-8(2)11-12(14(20)27)23-26(15-21-24-25-22-15)13(11)9-6-4-5-7-10(9)16(17,18)19/h4-8H,3H2,1-2H3,(H2,20,27)(H,21,22,24,25). The van der Waals surface area contributed by atoms with E-state index in [4.69, 9.17) is 5.73 Å². The summed E-state index contributed by atoms with van der Waals surface area (Å²) in [7, 11) is 0. The number of aromatic nitrogens is 6. The van der Waals surface area contributed by atoms with Crippen molar-refractivity contribution in [2.75, 3.05) is 0 Å². The Balaban J connectivity index is 2.43. The van der Waals surface area contributed by atoms with Gasteiger partial charge in [-0.05, 0) is 28.8 Å². The van der Waals surface area contributed by atoms with Crippen molar-refractivity contribution >= 4 is 5.91 Å². The van der Waals surface area contributed by atoms with Crippen LogP contribution in [0.4, 0.5) is 13.2 Å². The summed E-state index contributed by atoms with van der Waals surface area (Å²) < 4.78 is 41.9. The summed E-state index contributed by atoms with van der Waals surface area (Å²) in [4.78, 5) is 12.0. The first kappa shape index (κ1) is 18.5. The van der Waals surface area contributed by atoms with Gasteiger partial charge < -0.3 is 5.73 Å². The zero-order valence-corrected chi connectivity index (χ0v) is 14.4. The van der Waals surface area contributed by atoms with Gasteiger partial charge in [-0.25, -0.2) is 5.10 Å². The van der Waals surface area contributed by atoms with E-state index in [1.807, 2.05) is 6.92 Å². The average molecular weight is 379 g/mol. The van der Waals surface area contributed by atoms with Crippen LogP contribution in [-0.2, 0) is 6.18 Å². The monoisotopic (exact) mass is 379 g/mol. The summed E-state index contributed by atoms with van der Waals surface area (Å²) in [6, 6.07) is 5.05. The van der Waals surface area contributed by atoms with Gasteiger partial charge in [0.1, 0.15) is 0 Å². The van der Waals surface area contributed by atoms with E-state index in [2.05, 4.69) is 25.7 Å². The molecule has 0 bridgehead atoms. The second kappa shape index (κ2) is 6.82. The number of nitrogens with zero attached hydrogens (tertiary/aromatic N) is 5. The van der Waals surface area contributed by atoms with E-state index in [0.29, 0.717) is 12.0 Å². The lowest BCUT2D eigenvalue weighted by atomic mass is 9.91. The van der Waals surface area contributed by atoms with Gasteiger partial charge in [0.15, 0.2) is 5.69 Å². The van der Waals surface area contributed by atoms with Crippen LogP contribution in [0.3, 0.4) is 0 Å². The number of carbonyl (C=O) groups excluding carboxylic acids is 1. The fraction of sp³-hybridized carbons (Fsp3) is 0.312. The lowest BCUT2D eigenvalue weighted by Crippen LogP contribution is -2.15. The molecular formula is C16H16F3N7O. The van der Waals surface area contributed by atoms with Crippen LogP contribution in [0.5, 0.6) is 0 Å². The van der Waals surface area contributed by atoms with Crippen LogP contribution in [0.25, 0.3) is 17.2 Å². The molecule has 1 unspecified atom stereocenters. The first-order valence-electron chi connectivity index (χ1n) is 8.09. The highest BCUT2D eigenvalue weighted by Gasteiger charge is 2.37. The predicted molar refractivity (Wildman–Crippen MR) is 89.0 cm³/mol. The van der Waals surface area contributed by atoms with E-state index in [1.54, 1.807) is 6.92 Å². The number of hydrogen-bond donors (Lipinski definition) is 2. The molecule has 0 aliphatic carbocycles. The number of hydrogen-bond acceptors (Lipinski definition) is 5. The van der Waals surface area contributed by atoms with Crippen LogP contribution in [0, 0.1) is 0 Å². The zero-order valence-electron chi connectivity index (χ0n) is 14.4. The Morgan fingerprint density at radius 3 is 2.59 bits per heavy atom. The quantitative estimate of drug-likeness (QED) is 0.707. The molecule has 0 fully saturated rings. The highest BCUT2D eigenvalue weighted by Crippen LogP contribution is 2.41. The Labute approximate surface area is 151 Å². The Bertz CT molecular complexity index is 963. The van der Waals surface area contributed by atoms with Gasteiger partial charge in [-0.1, -0.05) is 37.1 Å². The topological polar surface area (TPSA) is 115 Å². The van der Waals surface area contributed by atoms with Crippen LogP contribution in [0.2, 0.25) is 0 Å². The Hall–Kier alpha value is -3.24. The molecule has 0 saturated carbocycles. The van der Waals surface area contributed by atoms with Gasteiger partial charge in [-0.15, -0.1) is 0 Å². The van der Waals surface area contributed by atoms with Crippen molar-refractivity contribution in [2.45, 2.75) is 32.4 Å². The maximum absolute atomic E-state index is 13.6. The highest BCUT2D eigenvalue weighted by atomic mass is 19.4. The Morgan fingerprint density at radius 1 is 1.33 bits per heavy atom. The maximum Gasteiger partial charge on any atom is 0.417 e. The summed E-state index contributed by atoms with van der Waals surface area (Å²) >= 11 is 0. The zero-order chi connectivity index (χ0) is 19.8. The van der Waals surface area contributed by atoms with Gasteiger partial charge >= 0.3 is 6.18 Å². The number of H-pyrrole nitrogens is 1. The molecule has 3 N–H and O–H groups in total. The number of tetrazole rings is 1. The maximum atomic E-state index is 13.6. The highest BCUT2D eigenvalue weighted by molar-refractivity contribution is 5.95. The Kier molecular flexibility index (Phi) is 4.68. The number of aromatic amines is 1. The lowest BCUT2D eigenvalue weighted by Gasteiger charge is -2.17. The molecule has 3 aromatic rings. The molecule has 0 radical (unpaired) electrons.